The van der Waals surface area contributed by atoms with Crippen LogP contribution in [0.15, 0.2) is 11.2 Å². The number of hydrogen-bond donors (Lipinski definition) is 0. The molecule has 1 aromatic rings. The van der Waals surface area contributed by atoms with Gasteiger partial charge in [0.1, 0.15) is 0 Å². The van der Waals surface area contributed by atoms with Gasteiger partial charge in [0.2, 0.25) is 5.88 Å². The molecule has 0 amide bonds. The van der Waals surface area contributed by atoms with Crippen LogP contribution in [0.4, 0.5) is 5.82 Å². The highest BCUT2D eigenvalue weighted by atomic mass is 16.5. The fourth-order valence-electron chi connectivity index (χ4n) is 0.721. The van der Waals surface area contributed by atoms with Crippen LogP contribution in [0, 0.1) is 0 Å². The Kier molecular flexibility index (Phi) is 1.98. The Bertz CT molecular complexity index is 298. The summed E-state index contributed by atoms with van der Waals surface area (Å²) in [5, 5.41) is 7.15. The van der Waals surface area contributed by atoms with Gasteiger partial charge in [0, 0.05) is 18.0 Å². The van der Waals surface area contributed by atoms with Crippen molar-refractivity contribution in [2.24, 2.45) is 12.2 Å². The van der Waals surface area contributed by atoms with Gasteiger partial charge in [0.25, 0.3) is 0 Å². The number of aryl methyl sites for hydroxylation is 1. The van der Waals surface area contributed by atoms with Crippen molar-refractivity contribution >= 4 is 5.82 Å². The summed E-state index contributed by atoms with van der Waals surface area (Å²) >= 11 is 0. The van der Waals surface area contributed by atoms with E-state index in [0.29, 0.717) is 11.7 Å². The van der Waals surface area contributed by atoms with Crippen molar-refractivity contribution in [3.8, 4) is 5.88 Å². The second kappa shape index (κ2) is 2.94. The SMILES string of the molecule is COc1cc(N=[N+]=[N-])nn1C. The first-order valence-electron chi connectivity index (χ1n) is 2.91. The molecule has 0 aromatic carbocycles. The average molecular weight is 153 g/mol. The summed E-state index contributed by atoms with van der Waals surface area (Å²) < 4.78 is 6.38. The van der Waals surface area contributed by atoms with Crippen molar-refractivity contribution in [2.45, 2.75) is 0 Å². The Labute approximate surface area is 63.0 Å². The largest absolute Gasteiger partial charge is 0.481 e. The van der Waals surface area contributed by atoms with Crippen molar-refractivity contribution in [1.82, 2.24) is 9.78 Å². The van der Waals surface area contributed by atoms with E-state index in [1.54, 1.807) is 13.1 Å². The molecular formula is C5H7N5O. The Morgan fingerprint density at radius 3 is 3.00 bits per heavy atom. The number of azide groups is 1. The molecule has 0 radical (unpaired) electrons. The smallest absolute Gasteiger partial charge is 0.211 e. The summed E-state index contributed by atoms with van der Waals surface area (Å²) in [6, 6.07) is 1.56. The third-order valence-corrected chi connectivity index (χ3v) is 1.18. The lowest BCUT2D eigenvalue weighted by molar-refractivity contribution is 0.373. The van der Waals surface area contributed by atoms with E-state index >= 15 is 0 Å². The molecule has 11 heavy (non-hydrogen) atoms. The Morgan fingerprint density at radius 2 is 2.55 bits per heavy atom. The molecule has 6 nitrogen and oxygen atoms in total. The van der Waals surface area contributed by atoms with Crippen LogP contribution in [-0.4, -0.2) is 16.9 Å². The first-order chi connectivity index (χ1) is 5.27. The molecule has 0 bridgehead atoms. The molecule has 0 unspecified atom stereocenters. The van der Waals surface area contributed by atoms with Gasteiger partial charge in [-0.3, -0.25) is 0 Å². The summed E-state index contributed by atoms with van der Waals surface area (Å²) in [7, 11) is 3.23. The standard InChI is InChI=1S/C5H7N5O/c1-10-5(11-2)3-4(8-10)7-9-6/h3H,1-2H3. The molecular weight excluding hydrogens is 146 g/mol. The van der Waals surface area contributed by atoms with E-state index in [-0.39, 0.29) is 0 Å². The normalized spacial score (nSPS) is 8.91. The highest BCUT2D eigenvalue weighted by molar-refractivity contribution is 5.31. The summed E-state index contributed by atoms with van der Waals surface area (Å²) in [5.41, 5.74) is 8.06. The molecule has 0 fully saturated rings. The minimum absolute atomic E-state index is 0.312. The first-order valence-corrected chi connectivity index (χ1v) is 2.91. The van der Waals surface area contributed by atoms with Gasteiger partial charge < -0.3 is 4.74 Å². The van der Waals surface area contributed by atoms with Crippen LogP contribution < -0.4 is 4.74 Å². The van der Waals surface area contributed by atoms with Crippen LogP contribution in [0.2, 0.25) is 0 Å². The highest BCUT2D eigenvalue weighted by Gasteiger charge is 2.01. The van der Waals surface area contributed by atoms with Gasteiger partial charge >= 0.3 is 0 Å². The lowest BCUT2D eigenvalue weighted by Crippen LogP contribution is -1.93. The van der Waals surface area contributed by atoms with Gasteiger partial charge in [-0.15, -0.1) is 0 Å². The zero-order valence-corrected chi connectivity index (χ0v) is 6.22. The Balaban J connectivity index is 3.04. The van der Waals surface area contributed by atoms with Crippen LogP contribution in [0.1, 0.15) is 0 Å². The van der Waals surface area contributed by atoms with Crippen LogP contribution in [0.3, 0.4) is 0 Å². The molecule has 1 aromatic heterocycles. The van der Waals surface area contributed by atoms with Gasteiger partial charge in [0.05, 0.1) is 7.11 Å². The van der Waals surface area contributed by atoms with Crippen molar-refractivity contribution in [3.05, 3.63) is 16.5 Å². The molecule has 0 atom stereocenters. The van der Waals surface area contributed by atoms with E-state index in [4.69, 9.17) is 10.3 Å². The topological polar surface area (TPSA) is 75.8 Å². The molecule has 0 aliphatic carbocycles. The Hall–Kier alpha value is -1.68. The number of hydrogen-bond acceptors (Lipinski definition) is 3. The van der Waals surface area contributed by atoms with E-state index in [9.17, 15) is 0 Å². The van der Waals surface area contributed by atoms with Crippen LogP contribution in [0.5, 0.6) is 5.88 Å². The fraction of sp³-hybridized carbons (Fsp3) is 0.400. The molecule has 0 saturated heterocycles. The molecule has 1 rings (SSSR count). The number of nitrogens with zero attached hydrogens (tertiary/aromatic N) is 5. The maximum Gasteiger partial charge on any atom is 0.211 e. The number of rotatable bonds is 2. The zero-order valence-electron chi connectivity index (χ0n) is 6.22. The van der Waals surface area contributed by atoms with Crippen LogP contribution in [0.25, 0.3) is 10.4 Å². The fourth-order valence-corrected chi connectivity index (χ4v) is 0.721. The third kappa shape index (κ3) is 1.42. The van der Waals surface area contributed by atoms with E-state index in [0.717, 1.165) is 0 Å². The maximum absolute atomic E-state index is 8.06. The monoisotopic (exact) mass is 153 g/mol. The molecule has 0 aliphatic heterocycles. The van der Waals surface area contributed by atoms with Gasteiger partial charge in [-0.2, -0.15) is 5.10 Å². The number of aromatic nitrogens is 2. The second-order valence-electron chi connectivity index (χ2n) is 1.86. The van der Waals surface area contributed by atoms with E-state index in [1.165, 1.54) is 11.8 Å². The Morgan fingerprint density at radius 1 is 1.82 bits per heavy atom. The van der Waals surface area contributed by atoms with Crippen molar-refractivity contribution in [2.75, 3.05) is 7.11 Å². The van der Waals surface area contributed by atoms with E-state index in [1.807, 2.05) is 0 Å². The maximum atomic E-state index is 8.06. The molecule has 0 spiro atoms. The molecule has 0 N–H and O–H groups in total. The molecule has 58 valence electrons. The van der Waals surface area contributed by atoms with Crippen molar-refractivity contribution < 1.29 is 4.74 Å². The van der Waals surface area contributed by atoms with Gasteiger partial charge in [-0.25, -0.2) is 4.68 Å². The summed E-state index contributed by atoms with van der Waals surface area (Å²) in [4.78, 5) is 2.59. The zero-order chi connectivity index (χ0) is 8.27. The van der Waals surface area contributed by atoms with Gasteiger partial charge in [-0.1, -0.05) is 0 Å². The number of methoxy groups -OCH3 is 1. The first kappa shape index (κ1) is 7.43. The minimum atomic E-state index is 0.312. The summed E-state index contributed by atoms with van der Waals surface area (Å²) in [6.45, 7) is 0. The van der Waals surface area contributed by atoms with Crippen LogP contribution in [-0.2, 0) is 7.05 Å². The highest BCUT2D eigenvalue weighted by Crippen LogP contribution is 2.17. The molecule has 1 heterocycles. The minimum Gasteiger partial charge on any atom is -0.481 e. The number of ether oxygens (including phenoxy) is 1. The molecule has 0 aliphatic rings. The van der Waals surface area contributed by atoms with Crippen molar-refractivity contribution in [1.29, 1.82) is 0 Å². The van der Waals surface area contributed by atoms with E-state index in [2.05, 4.69) is 15.1 Å². The quantitative estimate of drug-likeness (QED) is 0.365. The van der Waals surface area contributed by atoms with Gasteiger partial charge in [0.15, 0.2) is 5.82 Å². The van der Waals surface area contributed by atoms with Crippen LogP contribution >= 0.6 is 0 Å². The third-order valence-electron chi connectivity index (χ3n) is 1.18. The summed E-state index contributed by atoms with van der Waals surface area (Å²) in [6.07, 6.45) is 0. The van der Waals surface area contributed by atoms with E-state index < -0.39 is 0 Å². The predicted octanol–water partition coefficient (Wildman–Crippen LogP) is 1.37. The lowest BCUT2D eigenvalue weighted by atomic mass is 10.6. The average Bonchev–Trinajstić information content (AvgIpc) is 2.32. The predicted molar refractivity (Wildman–Crippen MR) is 38.6 cm³/mol. The lowest BCUT2D eigenvalue weighted by Gasteiger charge is -1.95. The molecule has 6 heteroatoms. The second-order valence-corrected chi connectivity index (χ2v) is 1.86. The van der Waals surface area contributed by atoms with Crippen molar-refractivity contribution in [3.63, 3.8) is 0 Å². The van der Waals surface area contributed by atoms with Gasteiger partial charge in [-0.05, 0) is 10.6 Å². The summed E-state index contributed by atoms with van der Waals surface area (Å²) in [5.74, 6) is 0.874. The molecule has 0 saturated carbocycles.